The van der Waals surface area contributed by atoms with Crippen molar-refractivity contribution in [3.8, 4) is 0 Å². The minimum absolute atomic E-state index is 0.0528. The molecule has 2 N–H and O–H groups in total. The van der Waals surface area contributed by atoms with E-state index in [1.807, 2.05) is 0 Å². The lowest BCUT2D eigenvalue weighted by Crippen LogP contribution is -2.25. The molecule has 0 saturated heterocycles. The molecule has 3 nitrogen and oxygen atoms in total. The highest BCUT2D eigenvalue weighted by Crippen LogP contribution is 2.39. The quantitative estimate of drug-likeness (QED) is 0.910. The van der Waals surface area contributed by atoms with E-state index in [-0.39, 0.29) is 23.1 Å². The summed E-state index contributed by atoms with van der Waals surface area (Å²) in [6.45, 7) is -0.177. The number of aliphatic hydroxyl groups excluding tert-OH is 1. The van der Waals surface area contributed by atoms with E-state index < -0.39 is 17.6 Å². The van der Waals surface area contributed by atoms with Crippen LogP contribution in [-0.4, -0.2) is 24.2 Å². The standard InChI is InChI=1S/C12H9ClF3NO2S/c13-9-7-2-1-6(12(14,15)16)5-8(7)20-10(9)11(19)17-3-4-18/h1-2,5,18H,3-4H2,(H,17,19). The third kappa shape index (κ3) is 2.89. The Balaban J connectivity index is 2.44. The zero-order valence-electron chi connectivity index (χ0n) is 9.92. The maximum atomic E-state index is 12.6. The maximum Gasteiger partial charge on any atom is 0.416 e. The number of alkyl halides is 3. The number of nitrogens with one attached hydrogen (secondary N) is 1. The summed E-state index contributed by atoms with van der Waals surface area (Å²) in [4.78, 5) is 11.9. The van der Waals surface area contributed by atoms with Crippen molar-refractivity contribution in [3.05, 3.63) is 33.7 Å². The Morgan fingerprint density at radius 2 is 2.10 bits per heavy atom. The predicted molar refractivity (Wildman–Crippen MR) is 71.3 cm³/mol. The molecule has 1 aromatic heterocycles. The molecule has 0 radical (unpaired) electrons. The van der Waals surface area contributed by atoms with Gasteiger partial charge in [0.25, 0.3) is 5.91 Å². The molecule has 1 heterocycles. The van der Waals surface area contributed by atoms with E-state index in [0.29, 0.717) is 10.1 Å². The minimum Gasteiger partial charge on any atom is -0.395 e. The molecule has 0 fully saturated rings. The first-order valence-corrected chi connectivity index (χ1v) is 6.72. The van der Waals surface area contributed by atoms with Crippen molar-refractivity contribution in [1.82, 2.24) is 5.32 Å². The number of hydrogen-bond donors (Lipinski definition) is 2. The average Bonchev–Trinajstić information content (AvgIpc) is 2.72. The van der Waals surface area contributed by atoms with Crippen LogP contribution >= 0.6 is 22.9 Å². The smallest absolute Gasteiger partial charge is 0.395 e. The average molecular weight is 324 g/mol. The Labute approximate surface area is 121 Å². The summed E-state index contributed by atoms with van der Waals surface area (Å²) in [7, 11) is 0. The number of fused-ring (bicyclic) bond motifs is 1. The van der Waals surface area contributed by atoms with Crippen LogP contribution in [0, 0.1) is 0 Å². The van der Waals surface area contributed by atoms with Crippen LogP contribution in [-0.2, 0) is 6.18 Å². The topological polar surface area (TPSA) is 49.3 Å². The molecule has 108 valence electrons. The van der Waals surface area contributed by atoms with Gasteiger partial charge >= 0.3 is 6.18 Å². The van der Waals surface area contributed by atoms with Crippen molar-refractivity contribution in [2.24, 2.45) is 0 Å². The summed E-state index contributed by atoms with van der Waals surface area (Å²) >= 11 is 6.89. The number of amides is 1. The number of rotatable bonds is 3. The normalized spacial score (nSPS) is 11.8. The molecule has 0 unspecified atom stereocenters. The van der Waals surface area contributed by atoms with Crippen LogP contribution in [0.5, 0.6) is 0 Å². The second kappa shape index (κ2) is 5.59. The molecule has 0 aliphatic carbocycles. The third-order valence-electron chi connectivity index (χ3n) is 2.56. The maximum absolute atomic E-state index is 12.6. The fraction of sp³-hybridized carbons (Fsp3) is 0.250. The minimum atomic E-state index is -4.44. The van der Waals surface area contributed by atoms with Crippen LogP contribution in [0.1, 0.15) is 15.2 Å². The molecule has 1 amide bonds. The second-order valence-corrected chi connectivity index (χ2v) is 5.36. The largest absolute Gasteiger partial charge is 0.416 e. The van der Waals surface area contributed by atoms with Gasteiger partial charge in [0, 0.05) is 16.6 Å². The highest BCUT2D eigenvalue weighted by atomic mass is 35.5. The van der Waals surface area contributed by atoms with Gasteiger partial charge in [-0.05, 0) is 12.1 Å². The number of carbonyl (C=O) groups excluding carboxylic acids is 1. The Bertz CT molecular complexity index is 654. The molecule has 20 heavy (non-hydrogen) atoms. The van der Waals surface area contributed by atoms with Gasteiger partial charge in [0.1, 0.15) is 4.88 Å². The summed E-state index contributed by atoms with van der Waals surface area (Å²) < 4.78 is 38.1. The SMILES string of the molecule is O=C(NCCO)c1sc2cc(C(F)(F)F)ccc2c1Cl. The van der Waals surface area contributed by atoms with Gasteiger partial charge in [-0.1, -0.05) is 17.7 Å². The van der Waals surface area contributed by atoms with Crippen molar-refractivity contribution in [2.45, 2.75) is 6.18 Å². The number of benzene rings is 1. The number of aliphatic hydroxyl groups is 1. The van der Waals surface area contributed by atoms with Crippen molar-refractivity contribution >= 4 is 38.9 Å². The number of hydrogen-bond acceptors (Lipinski definition) is 3. The van der Waals surface area contributed by atoms with Crippen LogP contribution in [0.2, 0.25) is 5.02 Å². The van der Waals surface area contributed by atoms with Gasteiger partial charge in [-0.25, -0.2) is 0 Å². The molecule has 2 aromatic rings. The lowest BCUT2D eigenvalue weighted by Gasteiger charge is -2.05. The molecule has 0 spiro atoms. The van der Waals surface area contributed by atoms with Gasteiger partial charge in [0.2, 0.25) is 0 Å². The zero-order valence-corrected chi connectivity index (χ0v) is 11.5. The molecule has 8 heteroatoms. The molecule has 1 aromatic carbocycles. The first-order chi connectivity index (χ1) is 9.34. The lowest BCUT2D eigenvalue weighted by molar-refractivity contribution is -0.137. The van der Waals surface area contributed by atoms with E-state index in [1.54, 1.807) is 0 Å². The molecular weight excluding hydrogens is 315 g/mol. The highest BCUT2D eigenvalue weighted by molar-refractivity contribution is 7.21. The van der Waals surface area contributed by atoms with E-state index in [2.05, 4.69) is 5.32 Å². The Morgan fingerprint density at radius 3 is 2.70 bits per heavy atom. The van der Waals surface area contributed by atoms with E-state index in [0.717, 1.165) is 23.5 Å². The molecule has 0 saturated carbocycles. The third-order valence-corrected chi connectivity index (χ3v) is 4.22. The van der Waals surface area contributed by atoms with Gasteiger partial charge in [-0.2, -0.15) is 13.2 Å². The summed E-state index contributed by atoms with van der Waals surface area (Å²) in [5, 5.41) is 11.6. The van der Waals surface area contributed by atoms with E-state index >= 15 is 0 Å². The lowest BCUT2D eigenvalue weighted by atomic mass is 10.1. The summed E-state index contributed by atoms with van der Waals surface area (Å²) in [6.07, 6.45) is -4.44. The fourth-order valence-electron chi connectivity index (χ4n) is 1.64. The summed E-state index contributed by atoms with van der Waals surface area (Å²) in [5.74, 6) is -0.515. The zero-order chi connectivity index (χ0) is 14.9. The summed E-state index contributed by atoms with van der Waals surface area (Å²) in [5.41, 5.74) is -0.787. The van der Waals surface area contributed by atoms with Gasteiger partial charge in [0.15, 0.2) is 0 Å². The van der Waals surface area contributed by atoms with Crippen LogP contribution in [0.25, 0.3) is 10.1 Å². The molecule has 0 aliphatic rings. The molecule has 2 rings (SSSR count). The fourth-order valence-corrected chi connectivity index (χ4v) is 3.11. The van der Waals surface area contributed by atoms with Gasteiger partial charge in [-0.3, -0.25) is 4.79 Å². The first-order valence-electron chi connectivity index (χ1n) is 5.53. The number of thiophene rings is 1. The second-order valence-electron chi connectivity index (χ2n) is 3.93. The van der Waals surface area contributed by atoms with E-state index in [1.165, 1.54) is 6.07 Å². The van der Waals surface area contributed by atoms with Gasteiger partial charge < -0.3 is 10.4 Å². The Morgan fingerprint density at radius 1 is 1.40 bits per heavy atom. The number of halogens is 4. The molecule has 0 aliphatic heterocycles. The molecular formula is C12H9ClF3NO2S. The highest BCUT2D eigenvalue weighted by Gasteiger charge is 2.31. The van der Waals surface area contributed by atoms with E-state index in [9.17, 15) is 18.0 Å². The molecule has 0 atom stereocenters. The van der Waals surface area contributed by atoms with Crippen LogP contribution in [0.4, 0.5) is 13.2 Å². The van der Waals surface area contributed by atoms with Crippen molar-refractivity contribution in [2.75, 3.05) is 13.2 Å². The summed E-state index contributed by atoms with van der Waals surface area (Å²) in [6, 6.07) is 3.14. The molecule has 0 bridgehead atoms. The van der Waals surface area contributed by atoms with Crippen LogP contribution < -0.4 is 5.32 Å². The van der Waals surface area contributed by atoms with Crippen molar-refractivity contribution in [3.63, 3.8) is 0 Å². The monoisotopic (exact) mass is 323 g/mol. The van der Waals surface area contributed by atoms with Crippen molar-refractivity contribution < 1.29 is 23.1 Å². The van der Waals surface area contributed by atoms with Crippen molar-refractivity contribution in [1.29, 1.82) is 0 Å². The van der Waals surface area contributed by atoms with Gasteiger partial charge in [-0.15, -0.1) is 11.3 Å². The van der Waals surface area contributed by atoms with Crippen LogP contribution in [0.15, 0.2) is 18.2 Å². The van der Waals surface area contributed by atoms with Crippen LogP contribution in [0.3, 0.4) is 0 Å². The Kier molecular flexibility index (Phi) is 4.22. The first kappa shape index (κ1) is 15.1. The van der Waals surface area contributed by atoms with E-state index in [4.69, 9.17) is 16.7 Å². The number of carbonyl (C=O) groups is 1. The predicted octanol–water partition coefficient (Wildman–Crippen LogP) is 3.30. The Hall–Kier alpha value is -1.31. The van der Waals surface area contributed by atoms with Gasteiger partial charge in [0.05, 0.1) is 17.2 Å².